The standard InChI is InChI=1S/C27H21N3O/c1-19-6-2-5-9-25(19)26-14-20(10-11-22(26)16-29)27(23-12-13-30-17-23)31-18-24-8-4-3-7-21(24)15-28/h2-11,13-14,17,27H,12,18H2,1H3. The predicted octanol–water partition coefficient (Wildman–Crippen LogP) is 6.02. The predicted molar refractivity (Wildman–Crippen MR) is 121 cm³/mol. The number of aliphatic imine (C=N–C) groups is 1. The van der Waals surface area contributed by atoms with Gasteiger partial charge in [-0.05, 0) is 52.9 Å². The molecule has 1 unspecified atom stereocenters. The number of hydrogen-bond donors (Lipinski definition) is 0. The van der Waals surface area contributed by atoms with Crippen molar-refractivity contribution >= 4 is 6.21 Å². The van der Waals surface area contributed by atoms with E-state index < -0.39 is 0 Å². The molecular formula is C27H21N3O. The molecule has 0 saturated heterocycles. The molecule has 0 spiro atoms. The molecular weight excluding hydrogens is 382 g/mol. The molecule has 0 fully saturated rings. The highest BCUT2D eigenvalue weighted by Gasteiger charge is 2.21. The largest absolute Gasteiger partial charge is 0.364 e. The van der Waals surface area contributed by atoms with Gasteiger partial charge in [-0.2, -0.15) is 10.5 Å². The highest BCUT2D eigenvalue weighted by molar-refractivity contribution is 5.74. The van der Waals surface area contributed by atoms with E-state index in [-0.39, 0.29) is 6.10 Å². The van der Waals surface area contributed by atoms with Gasteiger partial charge in [0.2, 0.25) is 0 Å². The van der Waals surface area contributed by atoms with Crippen LogP contribution in [0.1, 0.15) is 40.3 Å². The molecule has 3 aromatic rings. The Morgan fingerprint density at radius 1 is 0.935 bits per heavy atom. The highest BCUT2D eigenvalue weighted by Crippen LogP contribution is 2.35. The SMILES string of the molecule is Cc1ccccc1-c1cc(C(OCc2ccccc2C#N)C2=CN=CC2)ccc1C#N. The van der Waals surface area contributed by atoms with Gasteiger partial charge in [0.1, 0.15) is 6.10 Å². The summed E-state index contributed by atoms with van der Waals surface area (Å²) in [7, 11) is 0. The lowest BCUT2D eigenvalue weighted by Gasteiger charge is -2.21. The summed E-state index contributed by atoms with van der Waals surface area (Å²) in [5.41, 5.74) is 7.14. The van der Waals surface area contributed by atoms with E-state index in [4.69, 9.17) is 4.74 Å². The first-order valence-corrected chi connectivity index (χ1v) is 10.1. The summed E-state index contributed by atoms with van der Waals surface area (Å²) in [4.78, 5) is 4.26. The minimum atomic E-state index is -0.315. The fraction of sp³-hybridized carbons (Fsp3) is 0.148. The van der Waals surface area contributed by atoms with Crippen LogP contribution >= 0.6 is 0 Å². The Morgan fingerprint density at radius 3 is 2.45 bits per heavy atom. The van der Waals surface area contributed by atoms with Crippen LogP contribution in [-0.2, 0) is 11.3 Å². The number of benzene rings is 3. The normalized spacial score (nSPS) is 13.3. The molecule has 0 aliphatic carbocycles. The number of rotatable bonds is 6. The molecule has 0 aromatic heterocycles. The Bertz CT molecular complexity index is 1260. The second-order valence-corrected chi connectivity index (χ2v) is 7.43. The first-order chi connectivity index (χ1) is 15.2. The molecule has 1 atom stereocenters. The molecule has 0 amide bonds. The average molecular weight is 403 g/mol. The zero-order valence-electron chi connectivity index (χ0n) is 17.2. The first kappa shape index (κ1) is 20.3. The molecule has 1 aliphatic heterocycles. The van der Waals surface area contributed by atoms with Crippen molar-refractivity contribution in [3.63, 3.8) is 0 Å². The van der Waals surface area contributed by atoms with Crippen LogP contribution in [0.25, 0.3) is 11.1 Å². The summed E-state index contributed by atoms with van der Waals surface area (Å²) in [5, 5.41) is 19.1. The van der Waals surface area contributed by atoms with Gasteiger partial charge >= 0.3 is 0 Å². The lowest BCUT2D eigenvalue weighted by atomic mass is 9.91. The molecule has 3 aromatic carbocycles. The van der Waals surface area contributed by atoms with Gasteiger partial charge in [0.05, 0.1) is 29.9 Å². The fourth-order valence-electron chi connectivity index (χ4n) is 3.80. The lowest BCUT2D eigenvalue weighted by molar-refractivity contribution is 0.0632. The van der Waals surface area contributed by atoms with Crippen LogP contribution in [0.2, 0.25) is 0 Å². The number of aryl methyl sites for hydroxylation is 1. The Kier molecular flexibility index (Phi) is 6.03. The van der Waals surface area contributed by atoms with E-state index >= 15 is 0 Å². The smallest absolute Gasteiger partial charge is 0.106 e. The maximum Gasteiger partial charge on any atom is 0.106 e. The molecule has 1 aliphatic rings. The minimum Gasteiger partial charge on any atom is -0.364 e. The Labute approximate surface area is 182 Å². The Morgan fingerprint density at radius 2 is 1.71 bits per heavy atom. The van der Waals surface area contributed by atoms with Gasteiger partial charge in [-0.1, -0.05) is 48.5 Å². The summed E-state index contributed by atoms with van der Waals surface area (Å²) < 4.78 is 6.35. The van der Waals surface area contributed by atoms with Gasteiger partial charge in [-0.25, -0.2) is 0 Å². The van der Waals surface area contributed by atoms with Crippen molar-refractivity contribution in [2.75, 3.05) is 0 Å². The van der Waals surface area contributed by atoms with Crippen molar-refractivity contribution in [2.24, 2.45) is 4.99 Å². The third-order valence-corrected chi connectivity index (χ3v) is 5.45. The first-order valence-electron chi connectivity index (χ1n) is 10.1. The van der Waals surface area contributed by atoms with Crippen molar-refractivity contribution in [2.45, 2.75) is 26.1 Å². The molecule has 4 nitrogen and oxygen atoms in total. The monoisotopic (exact) mass is 403 g/mol. The van der Waals surface area contributed by atoms with Gasteiger partial charge in [0.15, 0.2) is 0 Å². The van der Waals surface area contributed by atoms with Crippen molar-refractivity contribution in [3.8, 4) is 23.3 Å². The second kappa shape index (κ2) is 9.22. The van der Waals surface area contributed by atoms with Gasteiger partial charge in [-0.15, -0.1) is 0 Å². The third kappa shape index (κ3) is 4.31. The van der Waals surface area contributed by atoms with Crippen LogP contribution in [-0.4, -0.2) is 6.21 Å². The second-order valence-electron chi connectivity index (χ2n) is 7.43. The summed E-state index contributed by atoms with van der Waals surface area (Å²) in [6.07, 6.45) is 4.10. The molecule has 1 heterocycles. The van der Waals surface area contributed by atoms with E-state index in [0.29, 0.717) is 24.2 Å². The van der Waals surface area contributed by atoms with Crippen LogP contribution in [0.3, 0.4) is 0 Å². The molecule has 4 heteroatoms. The summed E-state index contributed by atoms with van der Waals surface area (Å²) in [5.74, 6) is 0. The number of hydrogen-bond acceptors (Lipinski definition) is 4. The van der Waals surface area contributed by atoms with Crippen LogP contribution in [0, 0.1) is 29.6 Å². The number of nitriles is 2. The van der Waals surface area contributed by atoms with Crippen molar-refractivity contribution in [1.82, 2.24) is 0 Å². The topological polar surface area (TPSA) is 69.2 Å². The lowest BCUT2D eigenvalue weighted by Crippen LogP contribution is -2.09. The fourth-order valence-corrected chi connectivity index (χ4v) is 3.80. The van der Waals surface area contributed by atoms with Gasteiger partial charge in [-0.3, -0.25) is 4.99 Å². The summed E-state index contributed by atoms with van der Waals surface area (Å²) >= 11 is 0. The zero-order chi connectivity index (χ0) is 21.6. The van der Waals surface area contributed by atoms with E-state index in [1.807, 2.05) is 80.0 Å². The zero-order valence-corrected chi connectivity index (χ0v) is 17.2. The van der Waals surface area contributed by atoms with E-state index in [0.717, 1.165) is 33.4 Å². The highest BCUT2D eigenvalue weighted by atomic mass is 16.5. The molecule has 0 bridgehead atoms. The molecule has 150 valence electrons. The quantitative estimate of drug-likeness (QED) is 0.505. The van der Waals surface area contributed by atoms with Crippen LogP contribution in [0.4, 0.5) is 0 Å². The van der Waals surface area contributed by atoms with Crippen LogP contribution in [0.5, 0.6) is 0 Å². The van der Waals surface area contributed by atoms with Gasteiger partial charge in [0, 0.05) is 24.4 Å². The van der Waals surface area contributed by atoms with E-state index in [2.05, 4.69) is 17.1 Å². The van der Waals surface area contributed by atoms with Crippen molar-refractivity contribution in [3.05, 3.63) is 106 Å². The summed E-state index contributed by atoms with van der Waals surface area (Å²) in [6, 6.07) is 25.9. The van der Waals surface area contributed by atoms with Crippen LogP contribution < -0.4 is 0 Å². The van der Waals surface area contributed by atoms with Crippen molar-refractivity contribution in [1.29, 1.82) is 10.5 Å². The maximum absolute atomic E-state index is 9.68. The number of nitrogens with zero attached hydrogens (tertiary/aromatic N) is 3. The maximum atomic E-state index is 9.68. The Hall–Kier alpha value is -3.99. The molecule has 31 heavy (non-hydrogen) atoms. The van der Waals surface area contributed by atoms with E-state index in [1.165, 1.54) is 0 Å². The van der Waals surface area contributed by atoms with Crippen molar-refractivity contribution < 1.29 is 4.74 Å². The Balaban J connectivity index is 1.72. The summed E-state index contributed by atoms with van der Waals surface area (Å²) in [6.45, 7) is 2.36. The van der Waals surface area contributed by atoms with Crippen LogP contribution in [0.15, 0.2) is 83.5 Å². The molecule has 0 radical (unpaired) electrons. The van der Waals surface area contributed by atoms with E-state index in [9.17, 15) is 10.5 Å². The third-order valence-electron chi connectivity index (χ3n) is 5.45. The van der Waals surface area contributed by atoms with Gasteiger partial charge in [0.25, 0.3) is 0 Å². The average Bonchev–Trinajstić information content (AvgIpc) is 3.34. The van der Waals surface area contributed by atoms with E-state index in [1.54, 1.807) is 6.07 Å². The minimum absolute atomic E-state index is 0.311. The molecule has 4 rings (SSSR count). The number of ether oxygens (including phenoxy) is 1. The molecule has 0 N–H and O–H groups in total. The van der Waals surface area contributed by atoms with Gasteiger partial charge < -0.3 is 4.74 Å². The molecule has 0 saturated carbocycles.